The van der Waals surface area contributed by atoms with E-state index >= 15 is 0 Å². The number of para-hydroxylation sites is 1. The Hall–Kier alpha value is -1.55. The van der Waals surface area contributed by atoms with Crippen molar-refractivity contribution in [1.29, 1.82) is 0 Å². The second-order valence-electron chi connectivity index (χ2n) is 7.16. The lowest BCUT2D eigenvalue weighted by Crippen LogP contribution is -2.52. The van der Waals surface area contributed by atoms with Gasteiger partial charge >= 0.3 is 0 Å². The predicted octanol–water partition coefficient (Wildman–Crippen LogP) is 1.50. The Morgan fingerprint density at radius 2 is 1.86 bits per heavy atom. The number of piperazine rings is 1. The number of hydrogen-bond donors (Lipinski definition) is 1. The van der Waals surface area contributed by atoms with Crippen LogP contribution in [0, 0.1) is 5.92 Å². The van der Waals surface area contributed by atoms with E-state index in [1.165, 1.54) is 5.69 Å². The van der Waals surface area contributed by atoms with E-state index in [1.807, 2.05) is 11.0 Å². The second kappa shape index (κ2) is 11.5. The van der Waals surface area contributed by atoms with Gasteiger partial charge in [0, 0.05) is 65.0 Å². The van der Waals surface area contributed by atoms with E-state index in [0.29, 0.717) is 12.5 Å². The van der Waals surface area contributed by atoms with Crippen LogP contribution in [0.2, 0.25) is 0 Å². The highest BCUT2D eigenvalue weighted by atomic mass is 127. The van der Waals surface area contributed by atoms with Gasteiger partial charge in [-0.15, -0.1) is 24.0 Å². The number of rotatable bonds is 5. The van der Waals surface area contributed by atoms with Gasteiger partial charge in [-0.05, 0) is 18.6 Å². The fourth-order valence-electron chi connectivity index (χ4n) is 3.85. The summed E-state index contributed by atoms with van der Waals surface area (Å²) in [5, 5.41) is 3.24. The molecule has 2 heterocycles. The maximum Gasteiger partial charge on any atom is 0.242 e. The molecular weight excluding hydrogens is 469 g/mol. The lowest BCUT2D eigenvalue weighted by atomic mass is 10.1. The maximum absolute atomic E-state index is 12.6. The first-order chi connectivity index (χ1) is 13.2. The normalized spacial score (nSPS) is 20.1. The molecule has 0 aliphatic carbocycles. The lowest BCUT2D eigenvalue weighted by molar-refractivity contribution is -0.130. The summed E-state index contributed by atoms with van der Waals surface area (Å²) in [6.07, 6.45) is 1.10. The summed E-state index contributed by atoms with van der Waals surface area (Å²) < 4.78 is 5.25. The Bertz CT molecular complexity index is 635. The number of benzene rings is 1. The number of aliphatic imine (C=N–C) groups is 1. The number of methoxy groups -OCH3 is 1. The highest BCUT2D eigenvalue weighted by Gasteiger charge is 2.26. The third kappa shape index (κ3) is 5.97. The van der Waals surface area contributed by atoms with Crippen LogP contribution in [0.3, 0.4) is 0 Å². The first-order valence-corrected chi connectivity index (χ1v) is 9.73. The molecule has 2 aliphatic heterocycles. The summed E-state index contributed by atoms with van der Waals surface area (Å²) >= 11 is 0. The van der Waals surface area contributed by atoms with Gasteiger partial charge in [-0.25, -0.2) is 0 Å². The minimum absolute atomic E-state index is 0. The molecule has 28 heavy (non-hydrogen) atoms. The van der Waals surface area contributed by atoms with Crippen molar-refractivity contribution in [3.05, 3.63) is 30.3 Å². The monoisotopic (exact) mass is 501 g/mol. The van der Waals surface area contributed by atoms with Gasteiger partial charge in [0.2, 0.25) is 5.91 Å². The molecule has 7 nitrogen and oxygen atoms in total. The van der Waals surface area contributed by atoms with Crippen molar-refractivity contribution in [2.75, 3.05) is 71.5 Å². The molecule has 1 unspecified atom stereocenters. The third-order valence-electron chi connectivity index (χ3n) is 5.35. The number of nitrogens with zero attached hydrogens (tertiary/aromatic N) is 4. The van der Waals surface area contributed by atoms with Crippen LogP contribution in [0.15, 0.2) is 35.3 Å². The van der Waals surface area contributed by atoms with Gasteiger partial charge in [0.15, 0.2) is 5.96 Å². The van der Waals surface area contributed by atoms with Crippen molar-refractivity contribution in [1.82, 2.24) is 15.1 Å². The maximum atomic E-state index is 12.6. The van der Waals surface area contributed by atoms with Gasteiger partial charge in [-0.1, -0.05) is 18.2 Å². The minimum Gasteiger partial charge on any atom is -0.384 e. The molecule has 1 amide bonds. The van der Waals surface area contributed by atoms with Gasteiger partial charge in [-0.3, -0.25) is 9.79 Å². The van der Waals surface area contributed by atoms with Gasteiger partial charge < -0.3 is 24.8 Å². The number of anilines is 1. The zero-order chi connectivity index (χ0) is 19.1. The molecule has 0 bridgehead atoms. The van der Waals surface area contributed by atoms with Crippen LogP contribution in [-0.2, 0) is 9.53 Å². The topological polar surface area (TPSA) is 60.4 Å². The number of carbonyl (C=O) groups excluding carboxylic acids is 1. The number of carbonyl (C=O) groups is 1. The molecule has 3 rings (SSSR count). The van der Waals surface area contributed by atoms with E-state index in [-0.39, 0.29) is 29.9 Å². The summed E-state index contributed by atoms with van der Waals surface area (Å²) in [6, 6.07) is 10.4. The number of halogens is 1. The van der Waals surface area contributed by atoms with Crippen LogP contribution in [-0.4, -0.2) is 88.2 Å². The van der Waals surface area contributed by atoms with Gasteiger partial charge in [0.25, 0.3) is 0 Å². The molecule has 8 heteroatoms. The quantitative estimate of drug-likeness (QED) is 0.377. The largest absolute Gasteiger partial charge is 0.384 e. The zero-order valence-corrected chi connectivity index (χ0v) is 19.2. The van der Waals surface area contributed by atoms with Gasteiger partial charge in [0.05, 0.1) is 13.2 Å². The fraction of sp³-hybridized carbons (Fsp3) is 0.600. The highest BCUT2D eigenvalue weighted by Crippen LogP contribution is 2.17. The number of hydrogen-bond acceptors (Lipinski definition) is 4. The predicted molar refractivity (Wildman–Crippen MR) is 124 cm³/mol. The SMILES string of the molecule is CN=C(NCC(=O)N1CCN(c2ccccc2)CC1)N1CCC(COC)C1.I. The number of ether oxygens (including phenoxy) is 1. The van der Waals surface area contributed by atoms with Gasteiger partial charge in [-0.2, -0.15) is 0 Å². The Morgan fingerprint density at radius 3 is 2.50 bits per heavy atom. The van der Waals surface area contributed by atoms with E-state index in [4.69, 9.17) is 4.74 Å². The summed E-state index contributed by atoms with van der Waals surface area (Å²) in [7, 11) is 3.51. The van der Waals surface area contributed by atoms with Gasteiger partial charge in [0.1, 0.15) is 0 Å². The van der Waals surface area contributed by atoms with E-state index in [2.05, 4.69) is 44.4 Å². The summed E-state index contributed by atoms with van der Waals surface area (Å²) in [5.74, 6) is 1.48. The number of nitrogens with one attached hydrogen (secondary N) is 1. The standard InChI is InChI=1S/C20H31N5O2.HI/c1-21-20(25-9-8-17(15-25)16-27-2)22-14-19(26)24-12-10-23(11-13-24)18-6-4-3-5-7-18;/h3-7,17H,8-16H2,1-2H3,(H,21,22);1H. The van der Waals surface area contributed by atoms with Crippen LogP contribution < -0.4 is 10.2 Å². The Kier molecular flexibility index (Phi) is 9.30. The van der Waals surface area contributed by atoms with E-state index in [0.717, 1.165) is 58.3 Å². The smallest absolute Gasteiger partial charge is 0.242 e. The summed E-state index contributed by atoms with van der Waals surface area (Å²) in [6.45, 7) is 6.21. The number of amides is 1. The minimum atomic E-state index is 0. The second-order valence-corrected chi connectivity index (χ2v) is 7.16. The molecule has 1 atom stereocenters. The molecule has 0 aromatic heterocycles. The Morgan fingerprint density at radius 1 is 1.14 bits per heavy atom. The van der Waals surface area contributed by atoms with Crippen LogP contribution in [0.1, 0.15) is 6.42 Å². The van der Waals surface area contributed by atoms with Crippen molar-refractivity contribution in [3.63, 3.8) is 0 Å². The molecule has 0 saturated carbocycles. The van der Waals surface area contributed by atoms with Crippen molar-refractivity contribution >= 4 is 41.5 Å². The first kappa shape index (κ1) is 22.7. The van der Waals surface area contributed by atoms with Crippen LogP contribution in [0.25, 0.3) is 0 Å². The molecule has 1 aromatic carbocycles. The summed E-state index contributed by atoms with van der Waals surface area (Å²) in [4.78, 5) is 23.4. The molecule has 1 aromatic rings. The molecule has 1 N–H and O–H groups in total. The lowest BCUT2D eigenvalue weighted by Gasteiger charge is -2.36. The highest BCUT2D eigenvalue weighted by molar-refractivity contribution is 14.0. The van der Waals surface area contributed by atoms with Crippen molar-refractivity contribution in [2.45, 2.75) is 6.42 Å². The average molecular weight is 501 g/mol. The molecule has 156 valence electrons. The molecule has 0 spiro atoms. The van der Waals surface area contributed by atoms with Crippen LogP contribution in [0.4, 0.5) is 5.69 Å². The zero-order valence-electron chi connectivity index (χ0n) is 16.8. The Balaban J connectivity index is 0.00000280. The average Bonchev–Trinajstić information content (AvgIpc) is 3.18. The molecule has 2 fully saturated rings. The molecule has 0 radical (unpaired) electrons. The summed E-state index contributed by atoms with van der Waals surface area (Å²) in [5.41, 5.74) is 1.22. The third-order valence-corrected chi connectivity index (χ3v) is 5.35. The Labute approximate surface area is 185 Å². The van der Waals surface area contributed by atoms with E-state index < -0.39 is 0 Å². The van der Waals surface area contributed by atoms with Crippen LogP contribution in [0.5, 0.6) is 0 Å². The van der Waals surface area contributed by atoms with Crippen molar-refractivity contribution in [3.8, 4) is 0 Å². The number of guanidine groups is 1. The van der Waals surface area contributed by atoms with Crippen molar-refractivity contribution in [2.24, 2.45) is 10.9 Å². The first-order valence-electron chi connectivity index (χ1n) is 9.73. The number of likely N-dealkylation sites (tertiary alicyclic amines) is 1. The van der Waals surface area contributed by atoms with E-state index in [1.54, 1.807) is 14.2 Å². The fourth-order valence-corrected chi connectivity index (χ4v) is 3.85. The molecular formula is C20H32IN5O2. The van der Waals surface area contributed by atoms with E-state index in [9.17, 15) is 4.79 Å². The molecule has 2 saturated heterocycles. The van der Waals surface area contributed by atoms with Crippen LogP contribution >= 0.6 is 24.0 Å². The van der Waals surface area contributed by atoms with Crippen molar-refractivity contribution < 1.29 is 9.53 Å². The molecule has 2 aliphatic rings.